The average Bonchev–Trinajstić information content (AvgIpc) is 3.66. The Morgan fingerprint density at radius 1 is 0.267 bits per heavy atom. The molecule has 11 aromatic rings. The van der Waals surface area contributed by atoms with Crippen LogP contribution in [0.1, 0.15) is 0 Å². The molecule has 60 heavy (non-hydrogen) atoms. The molecule has 0 radical (unpaired) electrons. The van der Waals surface area contributed by atoms with Gasteiger partial charge in [0.25, 0.3) is 0 Å². The molecular formula is C58H40N2. The highest BCUT2D eigenvalue weighted by atomic mass is 15.1. The van der Waals surface area contributed by atoms with Crippen LogP contribution in [0.25, 0.3) is 82.8 Å². The molecule has 0 unspecified atom stereocenters. The van der Waals surface area contributed by atoms with Gasteiger partial charge < -0.3 is 9.47 Å². The van der Waals surface area contributed by atoms with Gasteiger partial charge >= 0.3 is 0 Å². The van der Waals surface area contributed by atoms with E-state index in [1.165, 1.54) is 77.1 Å². The molecule has 0 aliphatic carbocycles. The van der Waals surface area contributed by atoms with E-state index < -0.39 is 0 Å². The monoisotopic (exact) mass is 764 g/mol. The lowest BCUT2D eigenvalue weighted by Gasteiger charge is -2.26. The number of para-hydroxylation sites is 1. The Hall–Kier alpha value is -7.94. The first kappa shape index (κ1) is 35.2. The number of nitrogens with zero attached hydrogens (tertiary/aromatic N) is 2. The molecule has 10 aromatic carbocycles. The van der Waals surface area contributed by atoms with Gasteiger partial charge in [0.15, 0.2) is 0 Å². The summed E-state index contributed by atoms with van der Waals surface area (Å²) in [5, 5.41) is 5.01. The van der Waals surface area contributed by atoms with Crippen LogP contribution >= 0.6 is 0 Å². The molecule has 2 nitrogen and oxygen atoms in total. The highest BCUT2D eigenvalue weighted by Gasteiger charge is 2.16. The lowest BCUT2D eigenvalue weighted by molar-refractivity contribution is 1.18. The summed E-state index contributed by atoms with van der Waals surface area (Å²) in [5.74, 6) is 0. The van der Waals surface area contributed by atoms with Crippen LogP contribution in [0.15, 0.2) is 243 Å². The Balaban J connectivity index is 0.945. The number of fused-ring (bicyclic) bond motifs is 4. The van der Waals surface area contributed by atoms with Crippen LogP contribution in [0.4, 0.5) is 17.1 Å². The van der Waals surface area contributed by atoms with Gasteiger partial charge in [0.1, 0.15) is 0 Å². The Morgan fingerprint density at radius 3 is 1.30 bits per heavy atom. The standard InChI is InChI=1S/C58H40N2/c1-3-12-41(13-4-1)43-22-31-49(32-23-43)59(50-33-24-44(25-34-50)42-14-5-2-6-15-42)51-35-26-45(27-36-51)48-30-39-58-56(40-48)55-19-9-10-21-57(55)60(58)52-37-28-47(29-38-52)54-20-11-17-46-16-7-8-18-53(46)54/h1-40H. The Morgan fingerprint density at radius 2 is 0.700 bits per heavy atom. The van der Waals surface area contributed by atoms with Gasteiger partial charge in [0.05, 0.1) is 11.0 Å². The van der Waals surface area contributed by atoms with Gasteiger partial charge in [-0.05, 0) is 122 Å². The van der Waals surface area contributed by atoms with E-state index in [-0.39, 0.29) is 0 Å². The first-order chi connectivity index (χ1) is 29.7. The normalized spacial score (nSPS) is 11.3. The Labute approximate surface area is 350 Å². The molecule has 0 spiro atoms. The zero-order valence-electron chi connectivity index (χ0n) is 33.0. The summed E-state index contributed by atoms with van der Waals surface area (Å²) in [7, 11) is 0. The molecule has 1 heterocycles. The molecule has 0 N–H and O–H groups in total. The van der Waals surface area contributed by atoms with E-state index in [9.17, 15) is 0 Å². The lowest BCUT2D eigenvalue weighted by atomic mass is 9.98. The second kappa shape index (κ2) is 15.1. The van der Waals surface area contributed by atoms with E-state index >= 15 is 0 Å². The first-order valence-electron chi connectivity index (χ1n) is 20.6. The quantitative estimate of drug-likeness (QED) is 0.150. The smallest absolute Gasteiger partial charge is 0.0541 e. The number of hydrogen-bond donors (Lipinski definition) is 0. The zero-order valence-corrected chi connectivity index (χ0v) is 33.0. The average molecular weight is 765 g/mol. The number of benzene rings is 10. The second-order valence-corrected chi connectivity index (χ2v) is 15.4. The van der Waals surface area contributed by atoms with Gasteiger partial charge in [-0.15, -0.1) is 0 Å². The minimum atomic E-state index is 1.10. The SMILES string of the molecule is c1ccc(-c2ccc(N(c3ccc(-c4ccccc4)cc3)c3ccc(-c4ccc5c(c4)c4ccccc4n5-c4ccc(-c5cccc6ccccc56)cc4)cc3)cc2)cc1. The fourth-order valence-electron chi connectivity index (χ4n) is 8.82. The van der Waals surface area contributed by atoms with Crippen molar-refractivity contribution >= 4 is 49.6 Å². The van der Waals surface area contributed by atoms with Crippen molar-refractivity contribution in [3.8, 4) is 50.2 Å². The number of aromatic nitrogens is 1. The van der Waals surface area contributed by atoms with Gasteiger partial charge in [-0.2, -0.15) is 0 Å². The van der Waals surface area contributed by atoms with E-state index in [2.05, 4.69) is 252 Å². The highest BCUT2D eigenvalue weighted by Crippen LogP contribution is 2.40. The molecule has 11 rings (SSSR count). The minimum absolute atomic E-state index is 1.10. The number of anilines is 3. The van der Waals surface area contributed by atoms with Crippen molar-refractivity contribution in [2.75, 3.05) is 4.90 Å². The van der Waals surface area contributed by atoms with Gasteiger partial charge in [-0.3, -0.25) is 0 Å². The largest absolute Gasteiger partial charge is 0.311 e. The third-order valence-electron chi connectivity index (χ3n) is 11.8. The minimum Gasteiger partial charge on any atom is -0.311 e. The molecule has 0 bridgehead atoms. The predicted molar refractivity (Wildman–Crippen MR) is 255 cm³/mol. The molecule has 0 fully saturated rings. The highest BCUT2D eigenvalue weighted by molar-refractivity contribution is 6.10. The van der Waals surface area contributed by atoms with Gasteiger partial charge in [-0.1, -0.05) is 176 Å². The molecule has 0 saturated carbocycles. The van der Waals surface area contributed by atoms with Crippen molar-refractivity contribution in [1.29, 1.82) is 0 Å². The van der Waals surface area contributed by atoms with Crippen molar-refractivity contribution in [2.45, 2.75) is 0 Å². The second-order valence-electron chi connectivity index (χ2n) is 15.4. The topological polar surface area (TPSA) is 8.17 Å². The molecule has 1 aromatic heterocycles. The first-order valence-corrected chi connectivity index (χ1v) is 20.6. The molecule has 282 valence electrons. The third-order valence-corrected chi connectivity index (χ3v) is 11.8. The van der Waals surface area contributed by atoms with Crippen LogP contribution in [-0.4, -0.2) is 4.57 Å². The molecule has 0 aliphatic rings. The van der Waals surface area contributed by atoms with Crippen molar-refractivity contribution in [1.82, 2.24) is 4.57 Å². The van der Waals surface area contributed by atoms with Gasteiger partial charge in [-0.25, -0.2) is 0 Å². The van der Waals surface area contributed by atoms with Crippen LogP contribution in [0.3, 0.4) is 0 Å². The summed E-state index contributed by atoms with van der Waals surface area (Å²) >= 11 is 0. The molecule has 0 aliphatic heterocycles. The van der Waals surface area contributed by atoms with Crippen LogP contribution < -0.4 is 4.90 Å². The van der Waals surface area contributed by atoms with E-state index in [1.54, 1.807) is 0 Å². The van der Waals surface area contributed by atoms with Gasteiger partial charge in [0, 0.05) is 33.5 Å². The van der Waals surface area contributed by atoms with Gasteiger partial charge in [0.2, 0.25) is 0 Å². The van der Waals surface area contributed by atoms with Crippen molar-refractivity contribution < 1.29 is 0 Å². The maximum absolute atomic E-state index is 2.40. The van der Waals surface area contributed by atoms with Crippen molar-refractivity contribution in [3.63, 3.8) is 0 Å². The molecule has 0 atom stereocenters. The van der Waals surface area contributed by atoms with E-state index in [4.69, 9.17) is 0 Å². The summed E-state index contributed by atoms with van der Waals surface area (Å²) in [4.78, 5) is 2.34. The summed E-state index contributed by atoms with van der Waals surface area (Å²) in [6, 6.07) is 87.7. The molecule has 2 heteroatoms. The maximum atomic E-state index is 2.40. The molecular weight excluding hydrogens is 725 g/mol. The summed E-state index contributed by atoms with van der Waals surface area (Å²) < 4.78 is 2.40. The lowest BCUT2D eigenvalue weighted by Crippen LogP contribution is -2.09. The number of rotatable bonds is 8. The van der Waals surface area contributed by atoms with Crippen molar-refractivity contribution in [2.24, 2.45) is 0 Å². The fraction of sp³-hybridized carbons (Fsp3) is 0. The van der Waals surface area contributed by atoms with Crippen LogP contribution in [0, 0.1) is 0 Å². The maximum Gasteiger partial charge on any atom is 0.0541 e. The fourth-order valence-corrected chi connectivity index (χ4v) is 8.82. The summed E-state index contributed by atoms with van der Waals surface area (Å²) in [6.07, 6.45) is 0. The number of hydrogen-bond acceptors (Lipinski definition) is 1. The Kier molecular flexibility index (Phi) is 8.87. The molecule has 0 saturated heterocycles. The predicted octanol–water partition coefficient (Wildman–Crippen LogP) is 16.1. The van der Waals surface area contributed by atoms with Crippen LogP contribution in [0.2, 0.25) is 0 Å². The van der Waals surface area contributed by atoms with Crippen LogP contribution in [-0.2, 0) is 0 Å². The summed E-state index contributed by atoms with van der Waals surface area (Å²) in [6.45, 7) is 0. The van der Waals surface area contributed by atoms with Crippen molar-refractivity contribution in [3.05, 3.63) is 243 Å². The summed E-state index contributed by atoms with van der Waals surface area (Å²) in [5.41, 5.74) is 16.5. The van der Waals surface area contributed by atoms with E-state index in [1.807, 2.05) is 0 Å². The zero-order chi connectivity index (χ0) is 39.8. The Bertz CT molecular complexity index is 3170. The van der Waals surface area contributed by atoms with Crippen LogP contribution in [0.5, 0.6) is 0 Å². The molecule has 0 amide bonds. The van der Waals surface area contributed by atoms with E-state index in [0.29, 0.717) is 0 Å². The van der Waals surface area contributed by atoms with E-state index in [0.717, 1.165) is 22.7 Å². The third kappa shape index (κ3) is 6.41.